The Hall–Kier alpha value is -1.00. The SMILES string of the molecule is Cc1ccc(S)cc1C(=O)NC1CCCOC1. The number of carbonyl (C=O) groups is 1. The van der Waals surface area contributed by atoms with Crippen LogP contribution in [0.1, 0.15) is 28.8 Å². The van der Waals surface area contributed by atoms with Crippen molar-refractivity contribution in [3.63, 3.8) is 0 Å². The van der Waals surface area contributed by atoms with E-state index in [0.29, 0.717) is 12.2 Å². The first-order valence-electron chi connectivity index (χ1n) is 5.85. The lowest BCUT2D eigenvalue weighted by Gasteiger charge is -2.23. The number of hydrogen-bond acceptors (Lipinski definition) is 3. The number of hydrogen-bond donors (Lipinski definition) is 2. The number of carbonyl (C=O) groups excluding carboxylic acids is 1. The zero-order valence-corrected chi connectivity index (χ0v) is 10.8. The Labute approximate surface area is 107 Å². The molecule has 92 valence electrons. The Bertz CT molecular complexity index is 414. The Balaban J connectivity index is 2.05. The highest BCUT2D eigenvalue weighted by Gasteiger charge is 2.18. The summed E-state index contributed by atoms with van der Waals surface area (Å²) in [6, 6.07) is 5.74. The van der Waals surface area contributed by atoms with Gasteiger partial charge in [-0.2, -0.15) is 0 Å². The van der Waals surface area contributed by atoms with E-state index >= 15 is 0 Å². The van der Waals surface area contributed by atoms with E-state index in [-0.39, 0.29) is 11.9 Å². The van der Waals surface area contributed by atoms with Crippen molar-refractivity contribution < 1.29 is 9.53 Å². The third kappa shape index (κ3) is 3.23. The summed E-state index contributed by atoms with van der Waals surface area (Å²) < 4.78 is 5.34. The van der Waals surface area contributed by atoms with E-state index in [1.165, 1.54) is 0 Å². The molecule has 2 rings (SSSR count). The summed E-state index contributed by atoms with van der Waals surface area (Å²) in [4.78, 5) is 12.9. The first-order valence-corrected chi connectivity index (χ1v) is 6.30. The van der Waals surface area contributed by atoms with Crippen LogP contribution in [0, 0.1) is 6.92 Å². The van der Waals surface area contributed by atoms with Crippen LogP contribution < -0.4 is 5.32 Å². The molecule has 0 bridgehead atoms. The minimum Gasteiger partial charge on any atom is -0.379 e. The van der Waals surface area contributed by atoms with Crippen molar-refractivity contribution in [2.75, 3.05) is 13.2 Å². The second-order valence-electron chi connectivity index (χ2n) is 4.39. The molecule has 0 saturated carbocycles. The van der Waals surface area contributed by atoms with Crippen LogP contribution in [-0.2, 0) is 4.74 Å². The summed E-state index contributed by atoms with van der Waals surface area (Å²) in [6.07, 6.45) is 2.00. The molecule has 4 heteroatoms. The fraction of sp³-hybridized carbons (Fsp3) is 0.462. The lowest BCUT2D eigenvalue weighted by atomic mass is 10.1. The molecule has 0 aliphatic carbocycles. The van der Waals surface area contributed by atoms with Gasteiger partial charge in [-0.3, -0.25) is 4.79 Å². The highest BCUT2D eigenvalue weighted by Crippen LogP contribution is 2.15. The molecule has 1 saturated heterocycles. The predicted molar refractivity (Wildman–Crippen MR) is 69.7 cm³/mol. The monoisotopic (exact) mass is 251 g/mol. The maximum Gasteiger partial charge on any atom is 0.251 e. The van der Waals surface area contributed by atoms with Gasteiger partial charge in [-0.1, -0.05) is 6.07 Å². The zero-order valence-electron chi connectivity index (χ0n) is 9.90. The summed E-state index contributed by atoms with van der Waals surface area (Å²) in [5.74, 6) is -0.0334. The van der Waals surface area contributed by atoms with Crippen molar-refractivity contribution in [2.24, 2.45) is 0 Å². The van der Waals surface area contributed by atoms with Crippen LogP contribution in [0.4, 0.5) is 0 Å². The van der Waals surface area contributed by atoms with Crippen LogP contribution in [0.15, 0.2) is 23.1 Å². The summed E-state index contributed by atoms with van der Waals surface area (Å²) in [7, 11) is 0. The second-order valence-corrected chi connectivity index (χ2v) is 4.90. The quantitative estimate of drug-likeness (QED) is 0.791. The van der Waals surface area contributed by atoms with Crippen LogP contribution in [0.25, 0.3) is 0 Å². The van der Waals surface area contributed by atoms with Crippen LogP contribution in [-0.4, -0.2) is 25.2 Å². The Morgan fingerprint density at radius 3 is 3.06 bits per heavy atom. The number of benzene rings is 1. The Morgan fingerprint density at radius 1 is 1.53 bits per heavy atom. The first kappa shape index (κ1) is 12.5. The van der Waals surface area contributed by atoms with E-state index in [0.717, 1.165) is 29.9 Å². The molecule has 1 aromatic rings. The van der Waals surface area contributed by atoms with Crippen molar-refractivity contribution in [3.8, 4) is 0 Å². The Kier molecular flexibility index (Phi) is 4.07. The van der Waals surface area contributed by atoms with Gasteiger partial charge in [-0.25, -0.2) is 0 Å². The molecule has 1 atom stereocenters. The predicted octanol–water partition coefficient (Wildman–Crippen LogP) is 2.19. The molecular weight excluding hydrogens is 234 g/mol. The van der Waals surface area contributed by atoms with E-state index in [1.54, 1.807) is 6.07 Å². The molecule has 3 nitrogen and oxygen atoms in total. The molecule has 0 aromatic heterocycles. The molecule has 1 aliphatic rings. The lowest BCUT2D eigenvalue weighted by molar-refractivity contribution is 0.0624. The molecule has 17 heavy (non-hydrogen) atoms. The minimum absolute atomic E-state index is 0.0334. The molecule has 0 spiro atoms. The summed E-state index contributed by atoms with van der Waals surface area (Å²) in [6.45, 7) is 3.35. The van der Waals surface area contributed by atoms with E-state index in [4.69, 9.17) is 4.74 Å². The van der Waals surface area contributed by atoms with Gasteiger partial charge in [0.2, 0.25) is 0 Å². The van der Waals surface area contributed by atoms with Gasteiger partial charge in [0.25, 0.3) is 5.91 Å². The first-order chi connectivity index (χ1) is 8.16. The molecule has 1 N–H and O–H groups in total. The standard InChI is InChI=1S/C13H17NO2S/c1-9-4-5-11(17)7-12(9)13(15)14-10-3-2-6-16-8-10/h4-5,7,10,17H,2-3,6,8H2,1H3,(H,14,15). The topological polar surface area (TPSA) is 38.3 Å². The normalized spacial score (nSPS) is 20.0. The van der Waals surface area contributed by atoms with E-state index in [2.05, 4.69) is 17.9 Å². The number of nitrogens with one attached hydrogen (secondary N) is 1. The smallest absolute Gasteiger partial charge is 0.251 e. The lowest BCUT2D eigenvalue weighted by Crippen LogP contribution is -2.40. The molecule has 1 fully saturated rings. The maximum atomic E-state index is 12.1. The van der Waals surface area contributed by atoms with Crippen molar-refractivity contribution in [1.82, 2.24) is 5.32 Å². The van der Waals surface area contributed by atoms with Crippen molar-refractivity contribution in [3.05, 3.63) is 29.3 Å². The highest BCUT2D eigenvalue weighted by molar-refractivity contribution is 7.80. The molecule has 1 heterocycles. The molecule has 1 aromatic carbocycles. The Morgan fingerprint density at radius 2 is 2.35 bits per heavy atom. The molecule has 0 radical (unpaired) electrons. The van der Waals surface area contributed by atoms with Crippen molar-refractivity contribution >= 4 is 18.5 Å². The van der Waals surface area contributed by atoms with Crippen LogP contribution in [0.5, 0.6) is 0 Å². The van der Waals surface area contributed by atoms with Gasteiger partial charge in [0, 0.05) is 17.1 Å². The third-order valence-electron chi connectivity index (χ3n) is 2.96. The van der Waals surface area contributed by atoms with Gasteiger partial charge in [0.05, 0.1) is 12.6 Å². The van der Waals surface area contributed by atoms with E-state index in [9.17, 15) is 4.79 Å². The fourth-order valence-electron chi connectivity index (χ4n) is 1.97. The highest BCUT2D eigenvalue weighted by atomic mass is 32.1. The van der Waals surface area contributed by atoms with Gasteiger partial charge in [-0.05, 0) is 37.5 Å². The van der Waals surface area contributed by atoms with Gasteiger partial charge < -0.3 is 10.1 Å². The van der Waals surface area contributed by atoms with Crippen LogP contribution in [0.2, 0.25) is 0 Å². The van der Waals surface area contributed by atoms with Gasteiger partial charge >= 0.3 is 0 Å². The number of rotatable bonds is 2. The summed E-state index contributed by atoms with van der Waals surface area (Å²) in [5.41, 5.74) is 1.67. The van der Waals surface area contributed by atoms with Crippen molar-refractivity contribution in [1.29, 1.82) is 0 Å². The number of aryl methyl sites for hydroxylation is 1. The number of amides is 1. The molecule has 1 unspecified atom stereocenters. The average molecular weight is 251 g/mol. The van der Waals surface area contributed by atoms with Gasteiger partial charge in [0.1, 0.15) is 0 Å². The third-order valence-corrected chi connectivity index (χ3v) is 3.24. The number of thiol groups is 1. The average Bonchev–Trinajstić information content (AvgIpc) is 2.33. The van der Waals surface area contributed by atoms with Crippen LogP contribution >= 0.6 is 12.6 Å². The molecular formula is C13H17NO2S. The van der Waals surface area contributed by atoms with E-state index < -0.39 is 0 Å². The molecule has 1 amide bonds. The largest absolute Gasteiger partial charge is 0.379 e. The van der Waals surface area contributed by atoms with Crippen LogP contribution in [0.3, 0.4) is 0 Å². The fourth-order valence-corrected chi connectivity index (χ4v) is 2.18. The summed E-state index contributed by atoms with van der Waals surface area (Å²) in [5, 5.41) is 3.01. The second kappa shape index (κ2) is 5.56. The van der Waals surface area contributed by atoms with Gasteiger partial charge in [-0.15, -0.1) is 12.6 Å². The maximum absolute atomic E-state index is 12.1. The van der Waals surface area contributed by atoms with E-state index in [1.807, 2.05) is 19.1 Å². The van der Waals surface area contributed by atoms with Gasteiger partial charge in [0.15, 0.2) is 0 Å². The zero-order chi connectivity index (χ0) is 12.3. The minimum atomic E-state index is -0.0334. The van der Waals surface area contributed by atoms with Crippen molar-refractivity contribution in [2.45, 2.75) is 30.7 Å². The number of ether oxygens (including phenoxy) is 1. The molecule has 1 aliphatic heterocycles. The summed E-state index contributed by atoms with van der Waals surface area (Å²) >= 11 is 4.26.